The zero-order valence-electron chi connectivity index (χ0n) is 10.3. The van der Waals surface area contributed by atoms with Crippen LogP contribution in [0.3, 0.4) is 0 Å². The normalized spacial score (nSPS) is 16.1. The third-order valence-electron chi connectivity index (χ3n) is 3.31. The number of nitrogens with zero attached hydrogens (tertiary/aromatic N) is 4. The van der Waals surface area contributed by atoms with E-state index >= 15 is 0 Å². The van der Waals surface area contributed by atoms with Crippen LogP contribution in [0.15, 0.2) is 28.3 Å². The minimum atomic E-state index is -0.309. The van der Waals surface area contributed by atoms with Crippen LogP contribution in [-0.4, -0.2) is 20.2 Å². The van der Waals surface area contributed by atoms with Gasteiger partial charge in [-0.25, -0.2) is 9.07 Å². The first-order valence-corrected chi connectivity index (χ1v) is 7.06. The molecular formula is C12H14FN5S. The Kier molecular flexibility index (Phi) is 3.37. The summed E-state index contributed by atoms with van der Waals surface area (Å²) < 4.78 is 15.1. The van der Waals surface area contributed by atoms with Gasteiger partial charge in [-0.15, -0.1) is 5.10 Å². The van der Waals surface area contributed by atoms with Crippen molar-refractivity contribution >= 4 is 17.4 Å². The van der Waals surface area contributed by atoms with Crippen molar-refractivity contribution in [1.82, 2.24) is 20.2 Å². The number of benzene rings is 1. The van der Waals surface area contributed by atoms with Gasteiger partial charge in [0.1, 0.15) is 5.82 Å². The van der Waals surface area contributed by atoms with Gasteiger partial charge in [0.15, 0.2) is 0 Å². The molecule has 2 N–H and O–H groups in total. The van der Waals surface area contributed by atoms with E-state index in [1.54, 1.807) is 6.07 Å². The Balaban J connectivity index is 1.87. The van der Waals surface area contributed by atoms with Crippen molar-refractivity contribution in [3.8, 4) is 0 Å². The molecule has 100 valence electrons. The molecule has 0 aliphatic heterocycles. The van der Waals surface area contributed by atoms with Gasteiger partial charge in [0.2, 0.25) is 5.16 Å². The van der Waals surface area contributed by atoms with Gasteiger partial charge in [0.05, 0.1) is 6.04 Å². The zero-order chi connectivity index (χ0) is 13.2. The maximum absolute atomic E-state index is 13.2. The Morgan fingerprint density at radius 3 is 2.89 bits per heavy atom. The first-order valence-electron chi connectivity index (χ1n) is 6.25. The van der Waals surface area contributed by atoms with Gasteiger partial charge in [-0.3, -0.25) is 0 Å². The van der Waals surface area contributed by atoms with Crippen molar-refractivity contribution in [3.05, 3.63) is 24.0 Å². The van der Waals surface area contributed by atoms with Gasteiger partial charge in [-0.2, -0.15) is 0 Å². The van der Waals surface area contributed by atoms with Crippen LogP contribution in [0.4, 0.5) is 10.1 Å². The van der Waals surface area contributed by atoms with Crippen molar-refractivity contribution < 1.29 is 4.39 Å². The second kappa shape index (κ2) is 5.16. The summed E-state index contributed by atoms with van der Waals surface area (Å²) in [5, 5.41) is 12.5. The third kappa shape index (κ3) is 2.56. The van der Waals surface area contributed by atoms with E-state index in [1.807, 2.05) is 4.68 Å². The number of anilines is 1. The second-order valence-electron chi connectivity index (χ2n) is 4.63. The number of hydrogen-bond donors (Lipinski definition) is 1. The first-order chi connectivity index (χ1) is 9.24. The van der Waals surface area contributed by atoms with E-state index in [4.69, 9.17) is 5.73 Å². The molecular weight excluding hydrogens is 265 g/mol. The van der Waals surface area contributed by atoms with Gasteiger partial charge in [0.25, 0.3) is 0 Å². The van der Waals surface area contributed by atoms with Crippen molar-refractivity contribution in [3.63, 3.8) is 0 Å². The fourth-order valence-corrected chi connectivity index (χ4v) is 3.24. The second-order valence-corrected chi connectivity index (χ2v) is 5.64. The molecule has 0 atom stereocenters. The summed E-state index contributed by atoms with van der Waals surface area (Å²) in [7, 11) is 0. The van der Waals surface area contributed by atoms with E-state index in [0.717, 1.165) is 12.8 Å². The molecule has 0 unspecified atom stereocenters. The van der Waals surface area contributed by atoms with Crippen molar-refractivity contribution in [2.24, 2.45) is 0 Å². The Hall–Kier alpha value is -1.63. The number of tetrazole rings is 1. The molecule has 1 aliphatic carbocycles. The number of nitrogen functional groups attached to an aromatic ring is 1. The standard InChI is InChI=1S/C12H14FN5S/c13-8-5-6-10(14)11(7-8)19-12-15-16-17-18(12)9-3-1-2-4-9/h5-7,9H,1-4,14H2. The molecule has 1 saturated carbocycles. The molecule has 0 radical (unpaired) electrons. The molecule has 5 nitrogen and oxygen atoms in total. The smallest absolute Gasteiger partial charge is 0.214 e. The van der Waals surface area contributed by atoms with E-state index in [-0.39, 0.29) is 5.82 Å². The zero-order valence-corrected chi connectivity index (χ0v) is 11.1. The molecule has 0 spiro atoms. The SMILES string of the molecule is Nc1ccc(F)cc1Sc1nnnn1C1CCCC1. The highest BCUT2D eigenvalue weighted by molar-refractivity contribution is 7.99. The number of hydrogen-bond acceptors (Lipinski definition) is 5. The van der Waals surface area contributed by atoms with Gasteiger partial charge < -0.3 is 5.73 Å². The minimum absolute atomic E-state index is 0.309. The Morgan fingerprint density at radius 1 is 1.32 bits per heavy atom. The van der Waals surface area contributed by atoms with E-state index < -0.39 is 0 Å². The molecule has 7 heteroatoms. The van der Waals surface area contributed by atoms with Crippen LogP contribution in [0.5, 0.6) is 0 Å². The lowest BCUT2D eigenvalue weighted by Crippen LogP contribution is -2.08. The van der Waals surface area contributed by atoms with E-state index in [1.165, 1.54) is 36.7 Å². The Labute approximate surface area is 114 Å². The summed E-state index contributed by atoms with van der Waals surface area (Å²) in [4.78, 5) is 0.647. The lowest BCUT2D eigenvalue weighted by molar-refractivity contribution is 0.423. The maximum atomic E-state index is 13.2. The molecule has 19 heavy (non-hydrogen) atoms. The summed E-state index contributed by atoms with van der Waals surface area (Å²) in [5.74, 6) is -0.309. The predicted octanol–water partition coefficient (Wildman–Crippen LogP) is 2.66. The minimum Gasteiger partial charge on any atom is -0.398 e. The summed E-state index contributed by atoms with van der Waals surface area (Å²) in [6.07, 6.45) is 4.60. The number of halogens is 1. The molecule has 2 aromatic rings. The molecule has 1 aliphatic rings. The van der Waals surface area contributed by atoms with Crippen LogP contribution in [-0.2, 0) is 0 Å². The van der Waals surface area contributed by atoms with Crippen LogP contribution in [0.2, 0.25) is 0 Å². The Bertz CT molecular complexity index is 579. The fourth-order valence-electron chi connectivity index (χ4n) is 2.33. The summed E-state index contributed by atoms with van der Waals surface area (Å²) in [6, 6.07) is 4.67. The molecule has 0 saturated heterocycles. The van der Waals surface area contributed by atoms with Crippen molar-refractivity contribution in [2.45, 2.75) is 41.8 Å². The molecule has 1 aromatic carbocycles. The summed E-state index contributed by atoms with van der Waals surface area (Å²) >= 11 is 1.31. The van der Waals surface area contributed by atoms with Crippen LogP contribution in [0, 0.1) is 5.82 Å². The van der Waals surface area contributed by atoms with Crippen molar-refractivity contribution in [1.29, 1.82) is 0 Å². The van der Waals surface area contributed by atoms with Gasteiger partial charge in [-0.1, -0.05) is 12.8 Å². The first kappa shape index (κ1) is 12.4. The topological polar surface area (TPSA) is 69.6 Å². The number of aromatic nitrogens is 4. The summed E-state index contributed by atoms with van der Waals surface area (Å²) in [6.45, 7) is 0. The molecule has 0 amide bonds. The average Bonchev–Trinajstić information content (AvgIpc) is 3.03. The predicted molar refractivity (Wildman–Crippen MR) is 70.3 cm³/mol. The molecule has 1 aromatic heterocycles. The lowest BCUT2D eigenvalue weighted by Gasteiger charge is -2.11. The highest BCUT2D eigenvalue weighted by Gasteiger charge is 2.22. The largest absolute Gasteiger partial charge is 0.398 e. The van der Waals surface area contributed by atoms with Crippen LogP contribution < -0.4 is 5.73 Å². The van der Waals surface area contributed by atoms with E-state index in [9.17, 15) is 4.39 Å². The van der Waals surface area contributed by atoms with Crippen LogP contribution in [0.1, 0.15) is 31.7 Å². The third-order valence-corrected chi connectivity index (χ3v) is 4.33. The van der Waals surface area contributed by atoms with Gasteiger partial charge in [0, 0.05) is 10.6 Å². The fraction of sp³-hybridized carbons (Fsp3) is 0.417. The molecule has 1 fully saturated rings. The highest BCUT2D eigenvalue weighted by Crippen LogP contribution is 2.35. The van der Waals surface area contributed by atoms with E-state index in [2.05, 4.69) is 15.5 Å². The van der Waals surface area contributed by atoms with Gasteiger partial charge >= 0.3 is 0 Å². The number of nitrogens with two attached hydrogens (primary N) is 1. The van der Waals surface area contributed by atoms with Crippen LogP contribution >= 0.6 is 11.8 Å². The highest BCUT2D eigenvalue weighted by atomic mass is 32.2. The maximum Gasteiger partial charge on any atom is 0.214 e. The van der Waals surface area contributed by atoms with Crippen molar-refractivity contribution in [2.75, 3.05) is 5.73 Å². The lowest BCUT2D eigenvalue weighted by atomic mass is 10.3. The quantitative estimate of drug-likeness (QED) is 0.875. The van der Waals surface area contributed by atoms with E-state index in [0.29, 0.717) is 21.8 Å². The monoisotopic (exact) mass is 279 g/mol. The Morgan fingerprint density at radius 2 is 2.11 bits per heavy atom. The van der Waals surface area contributed by atoms with Gasteiger partial charge in [-0.05, 0) is 53.2 Å². The average molecular weight is 279 g/mol. The molecule has 0 bridgehead atoms. The molecule has 3 rings (SSSR count). The summed E-state index contributed by atoms with van der Waals surface area (Å²) in [5.41, 5.74) is 6.38. The van der Waals surface area contributed by atoms with Crippen LogP contribution in [0.25, 0.3) is 0 Å². The molecule has 1 heterocycles. The number of rotatable bonds is 3.